The largest absolute Gasteiger partial charge is 0.371 e. The molecule has 0 aromatic heterocycles. The monoisotopic (exact) mass is 316 g/mol. The molecule has 120 valence electrons. The molecule has 0 bridgehead atoms. The van der Waals surface area contributed by atoms with Crippen molar-refractivity contribution in [3.05, 3.63) is 71.5 Å². The fraction of sp³-hybridized carbons (Fsp3) is 0.176. The summed E-state index contributed by atoms with van der Waals surface area (Å²) in [5, 5.41) is 0. The number of nitrogens with one attached hydrogen (secondary N) is 2. The molecule has 0 saturated carbocycles. The van der Waals surface area contributed by atoms with Crippen molar-refractivity contribution in [2.45, 2.75) is 6.42 Å². The maximum atomic E-state index is 12.7. The second-order valence-electron chi connectivity index (χ2n) is 4.80. The van der Waals surface area contributed by atoms with E-state index < -0.39 is 17.6 Å². The minimum atomic E-state index is -0.525. The highest BCUT2D eigenvalue weighted by molar-refractivity contribution is 5.95. The molecule has 0 unspecified atom stereocenters. The number of carbonyl (C=O) groups is 2. The molecule has 23 heavy (non-hydrogen) atoms. The Morgan fingerprint density at radius 3 is 2.35 bits per heavy atom. The van der Waals surface area contributed by atoms with Gasteiger partial charge in [-0.3, -0.25) is 20.4 Å². The van der Waals surface area contributed by atoms with Crippen molar-refractivity contribution in [2.24, 2.45) is 0 Å². The molecule has 0 aliphatic heterocycles. The Morgan fingerprint density at radius 2 is 1.65 bits per heavy atom. The molecule has 2 aromatic carbocycles. The minimum Gasteiger partial charge on any atom is -0.371 e. The van der Waals surface area contributed by atoms with Crippen molar-refractivity contribution in [3.63, 3.8) is 0 Å². The number of halogens is 1. The van der Waals surface area contributed by atoms with Gasteiger partial charge in [0.05, 0.1) is 6.61 Å². The topological polar surface area (TPSA) is 67.4 Å². The number of hydrogen-bond acceptors (Lipinski definition) is 3. The molecule has 0 spiro atoms. The standard InChI is InChI=1S/C17H17FN2O3/c18-15-8-6-14(7-9-15)17(22)20-19-16(21)12-23-11-10-13-4-2-1-3-5-13/h1-9H,10-12H2,(H,19,21)(H,20,22). The third-order valence-corrected chi connectivity index (χ3v) is 3.03. The van der Waals surface area contributed by atoms with E-state index in [1.165, 1.54) is 24.3 Å². The Morgan fingerprint density at radius 1 is 0.957 bits per heavy atom. The van der Waals surface area contributed by atoms with Crippen molar-refractivity contribution >= 4 is 11.8 Å². The van der Waals surface area contributed by atoms with Crippen LogP contribution in [0.3, 0.4) is 0 Å². The van der Waals surface area contributed by atoms with Crippen LogP contribution in [0.15, 0.2) is 54.6 Å². The smallest absolute Gasteiger partial charge is 0.269 e. The van der Waals surface area contributed by atoms with Gasteiger partial charge in [-0.2, -0.15) is 0 Å². The van der Waals surface area contributed by atoms with Gasteiger partial charge >= 0.3 is 0 Å². The predicted molar refractivity (Wildman–Crippen MR) is 83.0 cm³/mol. The third kappa shape index (κ3) is 5.88. The van der Waals surface area contributed by atoms with Crippen LogP contribution in [-0.4, -0.2) is 25.0 Å². The molecule has 0 atom stereocenters. The van der Waals surface area contributed by atoms with Crippen LogP contribution >= 0.6 is 0 Å². The van der Waals surface area contributed by atoms with Crippen molar-refractivity contribution in [2.75, 3.05) is 13.2 Å². The lowest BCUT2D eigenvalue weighted by molar-refractivity contribution is -0.126. The summed E-state index contributed by atoms with van der Waals surface area (Å²) in [6, 6.07) is 14.8. The van der Waals surface area contributed by atoms with Gasteiger partial charge in [-0.05, 0) is 36.2 Å². The molecule has 0 heterocycles. The molecule has 2 rings (SSSR count). The fourth-order valence-corrected chi connectivity index (χ4v) is 1.84. The zero-order chi connectivity index (χ0) is 16.5. The maximum absolute atomic E-state index is 12.7. The highest BCUT2D eigenvalue weighted by Crippen LogP contribution is 2.02. The number of rotatable bonds is 6. The molecule has 6 heteroatoms. The summed E-state index contributed by atoms with van der Waals surface area (Å²) in [4.78, 5) is 23.2. The van der Waals surface area contributed by atoms with Gasteiger partial charge in [0, 0.05) is 5.56 Å². The van der Waals surface area contributed by atoms with E-state index in [2.05, 4.69) is 10.9 Å². The molecular weight excluding hydrogens is 299 g/mol. The average molecular weight is 316 g/mol. The summed E-state index contributed by atoms with van der Waals surface area (Å²) < 4.78 is 18.0. The van der Waals surface area contributed by atoms with Gasteiger partial charge in [-0.15, -0.1) is 0 Å². The first-order valence-corrected chi connectivity index (χ1v) is 7.11. The maximum Gasteiger partial charge on any atom is 0.269 e. The van der Waals surface area contributed by atoms with Gasteiger partial charge in [0.1, 0.15) is 12.4 Å². The lowest BCUT2D eigenvalue weighted by atomic mass is 10.2. The third-order valence-electron chi connectivity index (χ3n) is 3.03. The van der Waals surface area contributed by atoms with Crippen LogP contribution in [0.4, 0.5) is 4.39 Å². The van der Waals surface area contributed by atoms with E-state index in [0.29, 0.717) is 13.0 Å². The normalized spacial score (nSPS) is 10.1. The summed E-state index contributed by atoms with van der Waals surface area (Å²) >= 11 is 0. The summed E-state index contributed by atoms with van der Waals surface area (Å²) in [5.41, 5.74) is 5.84. The molecule has 2 N–H and O–H groups in total. The van der Waals surface area contributed by atoms with Crippen molar-refractivity contribution < 1.29 is 18.7 Å². The van der Waals surface area contributed by atoms with E-state index in [-0.39, 0.29) is 12.2 Å². The van der Waals surface area contributed by atoms with Gasteiger partial charge < -0.3 is 4.74 Å². The van der Waals surface area contributed by atoms with Crippen LogP contribution in [0.2, 0.25) is 0 Å². The molecule has 0 aliphatic rings. The second kappa shape index (κ2) is 8.65. The number of amides is 2. The predicted octanol–water partition coefficient (Wildman–Crippen LogP) is 1.85. The van der Waals surface area contributed by atoms with Gasteiger partial charge in [0.15, 0.2) is 0 Å². The van der Waals surface area contributed by atoms with Crippen LogP contribution in [0, 0.1) is 5.82 Å². The van der Waals surface area contributed by atoms with Crippen molar-refractivity contribution in [1.82, 2.24) is 10.9 Å². The zero-order valence-corrected chi connectivity index (χ0v) is 12.4. The van der Waals surface area contributed by atoms with Crippen LogP contribution in [0.25, 0.3) is 0 Å². The van der Waals surface area contributed by atoms with Crippen LogP contribution in [0.1, 0.15) is 15.9 Å². The number of benzene rings is 2. The second-order valence-corrected chi connectivity index (χ2v) is 4.80. The molecule has 0 radical (unpaired) electrons. The fourth-order valence-electron chi connectivity index (χ4n) is 1.84. The van der Waals surface area contributed by atoms with Gasteiger partial charge in [0.25, 0.3) is 11.8 Å². The Hall–Kier alpha value is -2.73. The number of hydrogen-bond donors (Lipinski definition) is 2. The van der Waals surface area contributed by atoms with E-state index in [1.807, 2.05) is 30.3 Å². The van der Waals surface area contributed by atoms with Gasteiger partial charge in [0.2, 0.25) is 0 Å². The highest BCUT2D eigenvalue weighted by Gasteiger charge is 2.07. The molecule has 0 fully saturated rings. The van der Waals surface area contributed by atoms with E-state index in [4.69, 9.17) is 4.74 Å². The van der Waals surface area contributed by atoms with Crippen molar-refractivity contribution in [3.8, 4) is 0 Å². The summed E-state index contributed by atoms with van der Waals surface area (Å²) in [5.74, 6) is -1.42. The molecule has 2 aromatic rings. The molecular formula is C17H17FN2O3. The van der Waals surface area contributed by atoms with E-state index in [9.17, 15) is 14.0 Å². The SMILES string of the molecule is O=C(COCCc1ccccc1)NNC(=O)c1ccc(F)cc1. The first-order valence-electron chi connectivity index (χ1n) is 7.11. The summed E-state index contributed by atoms with van der Waals surface area (Å²) in [6.07, 6.45) is 0.704. The van der Waals surface area contributed by atoms with Crippen molar-refractivity contribution in [1.29, 1.82) is 0 Å². The quantitative estimate of drug-likeness (QED) is 0.631. The summed E-state index contributed by atoms with van der Waals surface area (Å²) in [7, 11) is 0. The average Bonchev–Trinajstić information content (AvgIpc) is 2.58. The number of carbonyl (C=O) groups excluding carboxylic acids is 2. The molecule has 5 nitrogen and oxygen atoms in total. The molecule has 2 amide bonds. The van der Waals surface area contributed by atoms with Crippen LogP contribution in [-0.2, 0) is 16.0 Å². The van der Waals surface area contributed by atoms with Crippen LogP contribution < -0.4 is 10.9 Å². The van der Waals surface area contributed by atoms with Gasteiger partial charge in [-0.25, -0.2) is 4.39 Å². The molecule has 0 aliphatic carbocycles. The first kappa shape index (κ1) is 16.6. The Balaban J connectivity index is 1.63. The Labute approximate surface area is 133 Å². The summed E-state index contributed by atoms with van der Waals surface area (Å²) in [6.45, 7) is 0.250. The van der Waals surface area contributed by atoms with Gasteiger partial charge in [-0.1, -0.05) is 30.3 Å². The van der Waals surface area contributed by atoms with E-state index in [1.54, 1.807) is 0 Å². The van der Waals surface area contributed by atoms with E-state index >= 15 is 0 Å². The number of hydrazine groups is 1. The number of ether oxygens (including phenoxy) is 1. The Bertz CT molecular complexity index is 645. The molecule has 0 saturated heterocycles. The first-order chi connectivity index (χ1) is 11.1. The van der Waals surface area contributed by atoms with E-state index in [0.717, 1.165) is 5.56 Å². The van der Waals surface area contributed by atoms with Crippen LogP contribution in [0.5, 0.6) is 0 Å². The minimum absolute atomic E-state index is 0.156. The lowest BCUT2D eigenvalue weighted by Gasteiger charge is -2.08. The highest BCUT2D eigenvalue weighted by atomic mass is 19.1. The zero-order valence-electron chi connectivity index (χ0n) is 12.4. The Kier molecular flexibility index (Phi) is 6.26. The lowest BCUT2D eigenvalue weighted by Crippen LogP contribution is -2.43.